The molecule has 0 saturated heterocycles. The Balaban J connectivity index is 2.12. The molecular formula is C13H10BrN3O2S. The third-order valence-corrected chi connectivity index (χ3v) is 4.33. The summed E-state index contributed by atoms with van der Waals surface area (Å²) in [5.74, 6) is 0.0476. The molecule has 0 N–H and O–H groups in total. The fourth-order valence-corrected chi connectivity index (χ4v) is 3.26. The van der Waals surface area contributed by atoms with E-state index in [1.54, 1.807) is 35.1 Å². The Bertz CT molecular complexity index is 781. The first-order chi connectivity index (χ1) is 9.69. The van der Waals surface area contributed by atoms with Gasteiger partial charge in [0, 0.05) is 12.4 Å². The summed E-state index contributed by atoms with van der Waals surface area (Å²) >= 11 is 5.05. The number of hydrogen-bond donors (Lipinski definition) is 0. The average molecular weight is 352 g/mol. The van der Waals surface area contributed by atoms with Gasteiger partial charge in [-0.05, 0) is 41.1 Å². The van der Waals surface area contributed by atoms with Gasteiger partial charge in [-0.25, -0.2) is 14.8 Å². The van der Waals surface area contributed by atoms with Crippen LogP contribution >= 0.6 is 27.3 Å². The molecule has 7 heteroatoms. The number of halogens is 1. The van der Waals surface area contributed by atoms with E-state index in [-0.39, 0.29) is 5.69 Å². The number of thiophene rings is 1. The summed E-state index contributed by atoms with van der Waals surface area (Å²) in [6.45, 7) is 2.09. The van der Waals surface area contributed by atoms with Crippen molar-refractivity contribution < 1.29 is 9.53 Å². The van der Waals surface area contributed by atoms with Crippen LogP contribution in [0.5, 0.6) is 0 Å². The van der Waals surface area contributed by atoms with Crippen LogP contribution in [0.2, 0.25) is 0 Å². The Morgan fingerprint density at radius 1 is 1.45 bits per heavy atom. The van der Waals surface area contributed by atoms with Crippen LogP contribution in [-0.2, 0) is 4.74 Å². The van der Waals surface area contributed by atoms with Gasteiger partial charge in [-0.3, -0.25) is 4.40 Å². The van der Waals surface area contributed by atoms with Gasteiger partial charge in [-0.1, -0.05) is 0 Å². The lowest BCUT2D eigenvalue weighted by Crippen LogP contribution is -2.04. The molecule has 0 amide bonds. The highest BCUT2D eigenvalue weighted by molar-refractivity contribution is 9.11. The third kappa shape index (κ3) is 2.34. The molecule has 0 aliphatic heterocycles. The van der Waals surface area contributed by atoms with Crippen LogP contribution in [-0.4, -0.2) is 26.9 Å². The summed E-state index contributed by atoms with van der Waals surface area (Å²) < 4.78 is 7.80. The van der Waals surface area contributed by atoms with Crippen molar-refractivity contribution in [2.24, 2.45) is 0 Å². The molecule has 0 atom stereocenters. The molecule has 0 aliphatic carbocycles. The third-order valence-electron chi connectivity index (χ3n) is 2.68. The number of hydrogen-bond acceptors (Lipinski definition) is 5. The van der Waals surface area contributed by atoms with Crippen molar-refractivity contribution in [3.63, 3.8) is 0 Å². The molecule has 3 rings (SSSR count). The van der Waals surface area contributed by atoms with Crippen molar-refractivity contribution in [1.82, 2.24) is 14.4 Å². The fourth-order valence-electron chi connectivity index (χ4n) is 1.85. The lowest BCUT2D eigenvalue weighted by Gasteiger charge is -2.00. The molecule has 3 heterocycles. The first kappa shape index (κ1) is 13.3. The summed E-state index contributed by atoms with van der Waals surface area (Å²) in [5, 5.41) is 0. The smallest absolute Gasteiger partial charge is 0.358 e. The number of aromatic nitrogens is 3. The monoisotopic (exact) mass is 351 g/mol. The van der Waals surface area contributed by atoms with Gasteiger partial charge in [-0.15, -0.1) is 11.3 Å². The number of ether oxygens (including phenoxy) is 1. The number of carbonyl (C=O) groups excluding carboxylic acids is 1. The Morgan fingerprint density at radius 3 is 3.00 bits per heavy atom. The first-order valence-corrected chi connectivity index (χ1v) is 7.57. The van der Waals surface area contributed by atoms with Gasteiger partial charge in [0.15, 0.2) is 5.69 Å². The number of fused-ring (bicyclic) bond motifs is 1. The van der Waals surface area contributed by atoms with Crippen LogP contribution < -0.4 is 0 Å². The second-order valence-corrected chi connectivity index (χ2v) is 6.41. The predicted molar refractivity (Wildman–Crippen MR) is 80.0 cm³/mol. The van der Waals surface area contributed by atoms with Crippen molar-refractivity contribution in [2.45, 2.75) is 6.92 Å². The Hall–Kier alpha value is -1.73. The molecule has 0 aromatic carbocycles. The largest absolute Gasteiger partial charge is 0.461 e. The van der Waals surface area contributed by atoms with E-state index in [1.807, 2.05) is 18.2 Å². The number of imidazole rings is 1. The van der Waals surface area contributed by atoms with Crippen LogP contribution in [0.1, 0.15) is 17.4 Å². The quantitative estimate of drug-likeness (QED) is 0.678. The highest BCUT2D eigenvalue weighted by Crippen LogP contribution is 2.31. The second kappa shape index (κ2) is 5.34. The fraction of sp³-hybridized carbons (Fsp3) is 0.154. The molecule has 0 spiro atoms. The molecule has 0 radical (unpaired) electrons. The highest BCUT2D eigenvalue weighted by Gasteiger charge is 2.15. The number of nitrogens with zero attached hydrogens (tertiary/aromatic N) is 3. The summed E-state index contributed by atoms with van der Waals surface area (Å²) in [7, 11) is 0. The van der Waals surface area contributed by atoms with Gasteiger partial charge in [0.1, 0.15) is 0 Å². The van der Waals surface area contributed by atoms with Gasteiger partial charge >= 0.3 is 5.97 Å². The standard InChI is InChI=1S/C13H10BrN3O2S/c1-2-19-12(18)8-7-17-9(5-6-15-13(17)16-8)10-3-4-11(14)20-10/h3-7H,2H2,1H3. The molecule has 3 aromatic rings. The summed E-state index contributed by atoms with van der Waals surface area (Å²) in [5.41, 5.74) is 1.20. The van der Waals surface area contributed by atoms with E-state index >= 15 is 0 Å². The predicted octanol–water partition coefficient (Wildman–Crippen LogP) is 3.40. The Kier molecular flexibility index (Phi) is 3.54. The molecule has 0 bridgehead atoms. The van der Waals surface area contributed by atoms with E-state index in [0.717, 1.165) is 14.4 Å². The summed E-state index contributed by atoms with van der Waals surface area (Å²) in [4.78, 5) is 21.2. The highest BCUT2D eigenvalue weighted by atomic mass is 79.9. The van der Waals surface area contributed by atoms with E-state index < -0.39 is 5.97 Å². The molecule has 5 nitrogen and oxygen atoms in total. The second-order valence-electron chi connectivity index (χ2n) is 3.95. The van der Waals surface area contributed by atoms with Gasteiger partial charge in [0.05, 0.1) is 21.0 Å². The lowest BCUT2D eigenvalue weighted by atomic mass is 10.3. The van der Waals surface area contributed by atoms with Gasteiger partial charge < -0.3 is 4.74 Å². The Morgan fingerprint density at radius 2 is 2.30 bits per heavy atom. The number of carbonyl (C=O) groups is 1. The van der Waals surface area contributed by atoms with Crippen LogP contribution in [0.4, 0.5) is 0 Å². The van der Waals surface area contributed by atoms with Crippen LogP contribution in [0, 0.1) is 0 Å². The van der Waals surface area contributed by atoms with Gasteiger partial charge in [0.2, 0.25) is 5.78 Å². The molecule has 102 valence electrons. The SMILES string of the molecule is CCOC(=O)c1cn2c(-c3ccc(Br)s3)ccnc2n1. The summed E-state index contributed by atoms with van der Waals surface area (Å²) in [6, 6.07) is 5.88. The average Bonchev–Trinajstić information content (AvgIpc) is 3.04. The Labute approximate surface area is 127 Å². The van der Waals surface area contributed by atoms with Crippen molar-refractivity contribution >= 4 is 39.0 Å². The maximum absolute atomic E-state index is 11.7. The molecule has 0 aliphatic rings. The van der Waals surface area contributed by atoms with Crippen LogP contribution in [0.15, 0.2) is 34.4 Å². The van der Waals surface area contributed by atoms with Crippen molar-refractivity contribution in [1.29, 1.82) is 0 Å². The zero-order valence-electron chi connectivity index (χ0n) is 10.5. The van der Waals surface area contributed by atoms with E-state index in [4.69, 9.17) is 4.74 Å². The van der Waals surface area contributed by atoms with E-state index in [2.05, 4.69) is 25.9 Å². The maximum Gasteiger partial charge on any atom is 0.358 e. The normalized spacial score (nSPS) is 10.9. The topological polar surface area (TPSA) is 56.5 Å². The minimum Gasteiger partial charge on any atom is -0.461 e. The first-order valence-electron chi connectivity index (χ1n) is 5.96. The zero-order chi connectivity index (χ0) is 14.1. The molecule has 0 saturated carbocycles. The molecule has 3 aromatic heterocycles. The molecule has 0 unspecified atom stereocenters. The number of rotatable bonds is 3. The van der Waals surface area contributed by atoms with E-state index in [1.165, 1.54) is 0 Å². The van der Waals surface area contributed by atoms with Gasteiger partial charge in [-0.2, -0.15) is 0 Å². The van der Waals surface area contributed by atoms with Crippen molar-refractivity contribution in [3.05, 3.63) is 40.1 Å². The molecular weight excluding hydrogens is 342 g/mol. The summed E-state index contributed by atoms with van der Waals surface area (Å²) in [6.07, 6.45) is 3.34. The maximum atomic E-state index is 11.7. The van der Waals surface area contributed by atoms with Gasteiger partial charge in [0.25, 0.3) is 0 Å². The van der Waals surface area contributed by atoms with Crippen LogP contribution in [0.3, 0.4) is 0 Å². The van der Waals surface area contributed by atoms with Crippen molar-refractivity contribution in [3.8, 4) is 10.6 Å². The molecule has 20 heavy (non-hydrogen) atoms. The lowest BCUT2D eigenvalue weighted by molar-refractivity contribution is 0.0520. The minimum absolute atomic E-state index is 0.266. The zero-order valence-corrected chi connectivity index (χ0v) is 12.9. The van der Waals surface area contributed by atoms with Crippen molar-refractivity contribution in [2.75, 3.05) is 6.61 Å². The minimum atomic E-state index is -0.434. The number of esters is 1. The van der Waals surface area contributed by atoms with Crippen LogP contribution in [0.25, 0.3) is 16.3 Å². The van der Waals surface area contributed by atoms with E-state index in [0.29, 0.717) is 12.4 Å². The molecule has 0 fully saturated rings. The van der Waals surface area contributed by atoms with E-state index in [9.17, 15) is 4.79 Å².